The smallest absolute Gasteiger partial charge is 0.0787 e. The van der Waals surface area contributed by atoms with Crippen LogP contribution in [0.15, 0.2) is 66.7 Å². The standard InChI is InChI=1S/C23H24O/c1-4-23(24)20-13-14-21(18-9-5-16(2)6-10-18)22(15-20)19-11-7-17(3)8-12-19/h5-15,23-24H,4H2,1-3H3/t23-/m0/s1. The fourth-order valence-electron chi connectivity index (χ4n) is 2.96. The predicted octanol–water partition coefficient (Wildman–Crippen LogP) is 6.08. The SMILES string of the molecule is CC[C@H](O)c1ccc(-c2ccc(C)cc2)c(-c2ccc(C)cc2)c1. The summed E-state index contributed by atoms with van der Waals surface area (Å²) in [7, 11) is 0. The Morgan fingerprint density at radius 2 is 1.21 bits per heavy atom. The maximum Gasteiger partial charge on any atom is 0.0787 e. The van der Waals surface area contributed by atoms with Crippen LogP contribution in [0.3, 0.4) is 0 Å². The highest BCUT2D eigenvalue weighted by molar-refractivity contribution is 5.84. The quantitative estimate of drug-likeness (QED) is 0.618. The van der Waals surface area contributed by atoms with Crippen molar-refractivity contribution in [3.05, 3.63) is 83.4 Å². The molecular formula is C23H24O. The van der Waals surface area contributed by atoms with E-state index in [9.17, 15) is 5.11 Å². The van der Waals surface area contributed by atoms with Gasteiger partial charge in [-0.2, -0.15) is 0 Å². The van der Waals surface area contributed by atoms with Crippen LogP contribution in [0, 0.1) is 13.8 Å². The van der Waals surface area contributed by atoms with Crippen LogP contribution in [0.2, 0.25) is 0 Å². The van der Waals surface area contributed by atoms with E-state index < -0.39 is 6.10 Å². The molecule has 0 heterocycles. The van der Waals surface area contributed by atoms with E-state index >= 15 is 0 Å². The molecule has 0 aliphatic heterocycles. The lowest BCUT2D eigenvalue weighted by molar-refractivity contribution is 0.174. The van der Waals surface area contributed by atoms with E-state index in [0.717, 1.165) is 12.0 Å². The molecule has 3 aromatic carbocycles. The summed E-state index contributed by atoms with van der Waals surface area (Å²) in [6, 6.07) is 23.5. The third-order valence-corrected chi connectivity index (χ3v) is 4.54. The second kappa shape index (κ2) is 7.02. The Labute approximate surface area is 144 Å². The van der Waals surface area contributed by atoms with E-state index in [1.165, 1.54) is 33.4 Å². The summed E-state index contributed by atoms with van der Waals surface area (Å²) in [5, 5.41) is 10.2. The first-order valence-electron chi connectivity index (χ1n) is 8.54. The van der Waals surface area contributed by atoms with Crippen molar-refractivity contribution in [3.8, 4) is 22.3 Å². The van der Waals surface area contributed by atoms with Gasteiger partial charge in [0.05, 0.1) is 6.10 Å². The molecule has 3 rings (SSSR count). The van der Waals surface area contributed by atoms with Crippen LogP contribution >= 0.6 is 0 Å². The number of hydrogen-bond donors (Lipinski definition) is 1. The van der Waals surface area contributed by atoms with Crippen molar-refractivity contribution < 1.29 is 5.11 Å². The number of aryl methyl sites for hydroxylation is 2. The number of aliphatic hydroxyl groups excluding tert-OH is 1. The van der Waals surface area contributed by atoms with E-state index in [1.54, 1.807) is 0 Å². The molecule has 0 saturated carbocycles. The molecule has 1 atom stereocenters. The summed E-state index contributed by atoms with van der Waals surface area (Å²) >= 11 is 0. The first-order valence-corrected chi connectivity index (χ1v) is 8.54. The van der Waals surface area contributed by atoms with E-state index in [-0.39, 0.29) is 0 Å². The van der Waals surface area contributed by atoms with Crippen LogP contribution in [0.1, 0.15) is 36.1 Å². The lowest BCUT2D eigenvalue weighted by Gasteiger charge is -2.15. The highest BCUT2D eigenvalue weighted by Gasteiger charge is 2.12. The minimum absolute atomic E-state index is 0.415. The van der Waals surface area contributed by atoms with Crippen LogP contribution in [0.25, 0.3) is 22.3 Å². The molecule has 0 spiro atoms. The van der Waals surface area contributed by atoms with E-state index in [0.29, 0.717) is 0 Å². The summed E-state index contributed by atoms with van der Waals surface area (Å²) < 4.78 is 0. The van der Waals surface area contributed by atoms with Crippen molar-refractivity contribution in [2.24, 2.45) is 0 Å². The molecule has 1 heteroatoms. The largest absolute Gasteiger partial charge is 0.388 e. The van der Waals surface area contributed by atoms with Gasteiger partial charge in [0.25, 0.3) is 0 Å². The van der Waals surface area contributed by atoms with Gasteiger partial charge in [-0.25, -0.2) is 0 Å². The van der Waals surface area contributed by atoms with Gasteiger partial charge < -0.3 is 5.11 Å². The lowest BCUT2D eigenvalue weighted by atomic mass is 9.90. The van der Waals surface area contributed by atoms with Crippen molar-refractivity contribution >= 4 is 0 Å². The van der Waals surface area contributed by atoms with E-state index in [1.807, 2.05) is 13.0 Å². The Kier molecular flexibility index (Phi) is 4.82. The molecule has 122 valence electrons. The summed E-state index contributed by atoms with van der Waals surface area (Å²) in [4.78, 5) is 0. The molecule has 0 radical (unpaired) electrons. The number of aliphatic hydroxyl groups is 1. The van der Waals surface area contributed by atoms with Crippen LogP contribution in [-0.2, 0) is 0 Å². The Balaban J connectivity index is 2.17. The molecule has 1 nitrogen and oxygen atoms in total. The van der Waals surface area contributed by atoms with Gasteiger partial charge >= 0.3 is 0 Å². The second-order valence-electron chi connectivity index (χ2n) is 6.46. The lowest BCUT2D eigenvalue weighted by Crippen LogP contribution is -1.97. The third kappa shape index (κ3) is 3.42. The van der Waals surface area contributed by atoms with Crippen LogP contribution < -0.4 is 0 Å². The normalized spacial score (nSPS) is 12.2. The molecular weight excluding hydrogens is 292 g/mol. The van der Waals surface area contributed by atoms with Crippen LogP contribution in [-0.4, -0.2) is 5.11 Å². The maximum atomic E-state index is 10.2. The van der Waals surface area contributed by atoms with Gasteiger partial charge in [-0.05, 0) is 54.2 Å². The Hall–Kier alpha value is -2.38. The van der Waals surface area contributed by atoms with Gasteiger partial charge in [-0.3, -0.25) is 0 Å². The Morgan fingerprint density at radius 3 is 1.71 bits per heavy atom. The molecule has 1 N–H and O–H groups in total. The Morgan fingerprint density at radius 1 is 0.708 bits per heavy atom. The minimum atomic E-state index is -0.415. The van der Waals surface area contributed by atoms with E-state index in [2.05, 4.69) is 74.5 Å². The zero-order chi connectivity index (χ0) is 17.1. The maximum absolute atomic E-state index is 10.2. The first-order chi connectivity index (χ1) is 11.6. The minimum Gasteiger partial charge on any atom is -0.388 e. The van der Waals surface area contributed by atoms with Gasteiger partial charge in [0.1, 0.15) is 0 Å². The van der Waals surface area contributed by atoms with Crippen LogP contribution in [0.5, 0.6) is 0 Å². The number of benzene rings is 3. The zero-order valence-electron chi connectivity index (χ0n) is 14.6. The van der Waals surface area contributed by atoms with Crippen molar-refractivity contribution in [3.63, 3.8) is 0 Å². The molecule has 0 aliphatic rings. The second-order valence-corrected chi connectivity index (χ2v) is 6.46. The average Bonchev–Trinajstić information content (AvgIpc) is 2.62. The first kappa shape index (κ1) is 16.5. The van der Waals surface area contributed by atoms with Gasteiger partial charge in [0.15, 0.2) is 0 Å². The molecule has 0 saturated heterocycles. The van der Waals surface area contributed by atoms with Gasteiger partial charge in [0.2, 0.25) is 0 Å². The summed E-state index contributed by atoms with van der Waals surface area (Å²) in [6.07, 6.45) is 0.304. The Bertz CT molecular complexity index is 814. The monoisotopic (exact) mass is 316 g/mol. The summed E-state index contributed by atoms with van der Waals surface area (Å²) in [6.45, 7) is 6.21. The van der Waals surface area contributed by atoms with Crippen molar-refractivity contribution in [1.29, 1.82) is 0 Å². The molecule has 0 bridgehead atoms. The fraction of sp³-hybridized carbons (Fsp3) is 0.217. The highest BCUT2D eigenvalue weighted by Crippen LogP contribution is 2.35. The van der Waals surface area contributed by atoms with Gasteiger partial charge in [-0.1, -0.05) is 78.7 Å². The molecule has 3 aromatic rings. The highest BCUT2D eigenvalue weighted by atomic mass is 16.3. The topological polar surface area (TPSA) is 20.2 Å². The third-order valence-electron chi connectivity index (χ3n) is 4.54. The molecule has 0 aliphatic carbocycles. The zero-order valence-corrected chi connectivity index (χ0v) is 14.6. The molecule has 0 aromatic heterocycles. The van der Waals surface area contributed by atoms with Gasteiger partial charge in [0, 0.05) is 0 Å². The summed E-state index contributed by atoms with van der Waals surface area (Å²) in [5.74, 6) is 0. The molecule has 0 fully saturated rings. The van der Waals surface area contributed by atoms with Crippen molar-refractivity contribution in [1.82, 2.24) is 0 Å². The predicted molar refractivity (Wildman–Crippen MR) is 102 cm³/mol. The fourth-order valence-corrected chi connectivity index (χ4v) is 2.96. The average molecular weight is 316 g/mol. The van der Waals surface area contributed by atoms with Crippen molar-refractivity contribution in [2.45, 2.75) is 33.3 Å². The van der Waals surface area contributed by atoms with Gasteiger partial charge in [-0.15, -0.1) is 0 Å². The van der Waals surface area contributed by atoms with Crippen LogP contribution in [0.4, 0.5) is 0 Å². The number of hydrogen-bond acceptors (Lipinski definition) is 1. The summed E-state index contributed by atoms with van der Waals surface area (Å²) in [5.41, 5.74) is 8.24. The number of rotatable bonds is 4. The van der Waals surface area contributed by atoms with Crippen molar-refractivity contribution in [2.75, 3.05) is 0 Å². The molecule has 0 amide bonds. The van der Waals surface area contributed by atoms with E-state index in [4.69, 9.17) is 0 Å². The molecule has 24 heavy (non-hydrogen) atoms. The molecule has 0 unspecified atom stereocenters.